The highest BCUT2D eigenvalue weighted by atomic mass is 16.5. The number of rotatable bonds is 0. The molecule has 0 saturated carbocycles. The minimum atomic E-state index is -0.301. The Morgan fingerprint density at radius 1 is 1.13 bits per heavy atom. The standard InChI is InChI=1S/C20H22O3/c1-12-8-19(3,4)11-20(9-12)10-15-16(23-20)6-5-14-13(2)7-17(21)22-18(14)15/h5-7,9H,8,10-11H2,1-4H3. The summed E-state index contributed by atoms with van der Waals surface area (Å²) in [4.78, 5) is 11.8. The maximum atomic E-state index is 11.8. The van der Waals surface area contributed by atoms with E-state index in [1.165, 1.54) is 5.57 Å². The van der Waals surface area contributed by atoms with Gasteiger partial charge in [-0.05, 0) is 55.9 Å². The Morgan fingerprint density at radius 2 is 1.91 bits per heavy atom. The van der Waals surface area contributed by atoms with Crippen molar-refractivity contribution in [1.82, 2.24) is 0 Å². The van der Waals surface area contributed by atoms with Crippen molar-refractivity contribution in [2.75, 3.05) is 0 Å². The van der Waals surface area contributed by atoms with Gasteiger partial charge in [-0.3, -0.25) is 0 Å². The average Bonchev–Trinajstić information content (AvgIpc) is 2.73. The van der Waals surface area contributed by atoms with E-state index in [-0.39, 0.29) is 16.6 Å². The van der Waals surface area contributed by atoms with E-state index >= 15 is 0 Å². The smallest absolute Gasteiger partial charge is 0.336 e. The summed E-state index contributed by atoms with van der Waals surface area (Å²) in [6, 6.07) is 5.56. The molecular formula is C20H22O3. The van der Waals surface area contributed by atoms with Crippen LogP contribution in [0.3, 0.4) is 0 Å². The van der Waals surface area contributed by atoms with Crippen LogP contribution in [0.25, 0.3) is 11.0 Å². The minimum absolute atomic E-state index is 0.216. The lowest BCUT2D eigenvalue weighted by Crippen LogP contribution is -2.40. The zero-order valence-corrected chi connectivity index (χ0v) is 14.2. The first-order valence-corrected chi connectivity index (χ1v) is 8.21. The van der Waals surface area contributed by atoms with Crippen molar-refractivity contribution in [2.45, 2.75) is 52.6 Å². The fourth-order valence-electron chi connectivity index (χ4n) is 4.60. The van der Waals surface area contributed by atoms with Gasteiger partial charge >= 0.3 is 5.63 Å². The molecular weight excluding hydrogens is 288 g/mol. The molecule has 1 aliphatic carbocycles. The van der Waals surface area contributed by atoms with Gasteiger partial charge in [0, 0.05) is 23.4 Å². The molecule has 120 valence electrons. The van der Waals surface area contributed by atoms with Crippen molar-refractivity contribution in [3.05, 3.63) is 51.4 Å². The van der Waals surface area contributed by atoms with Crippen molar-refractivity contribution in [2.24, 2.45) is 5.41 Å². The second-order valence-electron chi connectivity index (χ2n) is 8.02. The Bertz CT molecular complexity index is 901. The third kappa shape index (κ3) is 2.30. The predicted molar refractivity (Wildman–Crippen MR) is 91.1 cm³/mol. The van der Waals surface area contributed by atoms with Gasteiger partial charge in [-0.2, -0.15) is 0 Å². The molecule has 1 unspecified atom stereocenters. The minimum Gasteiger partial charge on any atom is -0.482 e. The van der Waals surface area contributed by atoms with Gasteiger partial charge in [0.05, 0.1) is 0 Å². The van der Waals surface area contributed by atoms with Crippen LogP contribution < -0.4 is 10.4 Å². The molecule has 1 aromatic carbocycles. The molecule has 1 spiro atoms. The summed E-state index contributed by atoms with van der Waals surface area (Å²) in [7, 11) is 0. The Labute approximate surface area is 136 Å². The lowest BCUT2D eigenvalue weighted by molar-refractivity contribution is 0.0752. The van der Waals surface area contributed by atoms with Gasteiger partial charge in [-0.25, -0.2) is 4.79 Å². The van der Waals surface area contributed by atoms with Crippen LogP contribution in [-0.2, 0) is 6.42 Å². The first-order valence-electron chi connectivity index (χ1n) is 8.21. The van der Waals surface area contributed by atoms with Crippen LogP contribution in [0.15, 0.2) is 39.1 Å². The van der Waals surface area contributed by atoms with E-state index < -0.39 is 0 Å². The molecule has 3 heteroatoms. The number of fused-ring (bicyclic) bond motifs is 3. The first kappa shape index (κ1) is 14.6. The van der Waals surface area contributed by atoms with Gasteiger partial charge < -0.3 is 9.15 Å². The van der Waals surface area contributed by atoms with Gasteiger partial charge in [0.15, 0.2) is 0 Å². The van der Waals surface area contributed by atoms with E-state index in [1.807, 2.05) is 19.1 Å². The topological polar surface area (TPSA) is 39.4 Å². The molecule has 23 heavy (non-hydrogen) atoms. The number of hydrogen-bond acceptors (Lipinski definition) is 3. The summed E-state index contributed by atoms with van der Waals surface area (Å²) in [6.07, 6.45) is 5.12. The van der Waals surface area contributed by atoms with E-state index in [9.17, 15) is 4.79 Å². The molecule has 2 aliphatic rings. The van der Waals surface area contributed by atoms with Crippen LogP contribution in [-0.4, -0.2) is 5.60 Å². The summed E-state index contributed by atoms with van der Waals surface area (Å²) in [5.74, 6) is 0.855. The number of ether oxygens (including phenoxy) is 1. The summed E-state index contributed by atoms with van der Waals surface area (Å²) in [6.45, 7) is 8.71. The summed E-state index contributed by atoms with van der Waals surface area (Å²) in [5, 5.41) is 1.000. The fourth-order valence-corrected chi connectivity index (χ4v) is 4.60. The third-order valence-electron chi connectivity index (χ3n) is 5.01. The Morgan fingerprint density at radius 3 is 2.65 bits per heavy atom. The zero-order chi connectivity index (χ0) is 16.4. The molecule has 3 nitrogen and oxygen atoms in total. The molecule has 2 aromatic rings. The summed E-state index contributed by atoms with van der Waals surface area (Å²) < 4.78 is 11.9. The number of aryl methyl sites for hydroxylation is 1. The predicted octanol–water partition coefficient (Wildman–Crippen LogP) is 4.54. The van der Waals surface area contributed by atoms with Gasteiger partial charge in [-0.1, -0.05) is 19.4 Å². The summed E-state index contributed by atoms with van der Waals surface area (Å²) in [5.41, 5.74) is 3.67. The molecule has 2 heterocycles. The van der Waals surface area contributed by atoms with Crippen molar-refractivity contribution in [3.63, 3.8) is 0 Å². The molecule has 0 amide bonds. The molecule has 0 radical (unpaired) electrons. The monoisotopic (exact) mass is 310 g/mol. The maximum Gasteiger partial charge on any atom is 0.336 e. The molecule has 0 saturated heterocycles. The molecule has 0 N–H and O–H groups in total. The largest absolute Gasteiger partial charge is 0.482 e. The highest BCUT2D eigenvalue weighted by molar-refractivity contribution is 5.85. The lowest BCUT2D eigenvalue weighted by atomic mass is 9.70. The first-order chi connectivity index (χ1) is 10.8. The van der Waals surface area contributed by atoms with Crippen molar-refractivity contribution in [1.29, 1.82) is 0 Å². The maximum absolute atomic E-state index is 11.8. The van der Waals surface area contributed by atoms with Crippen molar-refractivity contribution >= 4 is 11.0 Å². The van der Waals surface area contributed by atoms with E-state index in [4.69, 9.17) is 9.15 Å². The van der Waals surface area contributed by atoms with Crippen LogP contribution >= 0.6 is 0 Å². The van der Waals surface area contributed by atoms with Crippen molar-refractivity contribution < 1.29 is 9.15 Å². The normalized spacial score (nSPS) is 25.3. The van der Waals surface area contributed by atoms with E-state index in [2.05, 4.69) is 26.8 Å². The van der Waals surface area contributed by atoms with Crippen LogP contribution in [0.4, 0.5) is 0 Å². The quantitative estimate of drug-likeness (QED) is 0.529. The van der Waals surface area contributed by atoms with Crippen LogP contribution in [0.2, 0.25) is 0 Å². The van der Waals surface area contributed by atoms with E-state index in [1.54, 1.807) is 6.07 Å². The van der Waals surface area contributed by atoms with Crippen LogP contribution in [0, 0.1) is 12.3 Å². The zero-order valence-electron chi connectivity index (χ0n) is 14.2. The Kier molecular flexibility index (Phi) is 2.85. The Balaban J connectivity index is 1.89. The van der Waals surface area contributed by atoms with E-state index in [0.717, 1.165) is 41.5 Å². The van der Waals surface area contributed by atoms with Crippen LogP contribution in [0.5, 0.6) is 5.75 Å². The molecule has 0 bridgehead atoms. The SMILES string of the molecule is CC1=CC2(Cc3c(ccc4c(C)cc(=O)oc34)O2)CC(C)(C)C1. The third-order valence-corrected chi connectivity index (χ3v) is 5.01. The van der Waals surface area contributed by atoms with Gasteiger partial charge in [0.25, 0.3) is 0 Å². The lowest BCUT2D eigenvalue weighted by Gasteiger charge is -2.40. The van der Waals surface area contributed by atoms with Gasteiger partial charge in [0.2, 0.25) is 0 Å². The molecule has 1 aliphatic heterocycles. The number of benzene rings is 1. The molecule has 4 rings (SSSR count). The highest BCUT2D eigenvalue weighted by Crippen LogP contribution is 2.49. The van der Waals surface area contributed by atoms with Gasteiger partial charge in [0.1, 0.15) is 16.9 Å². The molecule has 1 aromatic heterocycles. The van der Waals surface area contributed by atoms with Crippen LogP contribution in [0.1, 0.15) is 44.7 Å². The fraction of sp³-hybridized carbons (Fsp3) is 0.450. The molecule has 0 fully saturated rings. The number of allylic oxidation sites excluding steroid dienone is 1. The highest BCUT2D eigenvalue weighted by Gasteiger charge is 2.45. The second-order valence-corrected chi connectivity index (χ2v) is 8.02. The average molecular weight is 310 g/mol. The Hall–Kier alpha value is -2.03. The summed E-state index contributed by atoms with van der Waals surface area (Å²) >= 11 is 0. The van der Waals surface area contributed by atoms with Crippen molar-refractivity contribution in [3.8, 4) is 5.75 Å². The van der Waals surface area contributed by atoms with Gasteiger partial charge in [-0.15, -0.1) is 0 Å². The number of hydrogen-bond donors (Lipinski definition) is 0. The molecule has 1 atom stereocenters. The van der Waals surface area contributed by atoms with E-state index in [0.29, 0.717) is 5.58 Å². The second kappa shape index (κ2) is 4.50.